The molecule has 1 aromatic carbocycles. The quantitative estimate of drug-likeness (QED) is 0.442. The molecule has 0 N–H and O–H groups in total. The third-order valence-electron chi connectivity index (χ3n) is 5.21. The van der Waals surface area contributed by atoms with Gasteiger partial charge in [-0.05, 0) is 62.1 Å². The molecule has 3 nitrogen and oxygen atoms in total. The number of nitrogens with zero attached hydrogens (tertiary/aromatic N) is 2. The molecule has 0 atom stereocenters. The molecule has 1 aliphatic rings. The van der Waals surface area contributed by atoms with E-state index in [2.05, 4.69) is 48.5 Å². The van der Waals surface area contributed by atoms with Crippen LogP contribution < -0.4 is 5.69 Å². The first kappa shape index (κ1) is 18.5. The van der Waals surface area contributed by atoms with Crippen molar-refractivity contribution >= 4 is 23.1 Å². The van der Waals surface area contributed by atoms with E-state index in [0.717, 1.165) is 30.0 Å². The van der Waals surface area contributed by atoms with E-state index in [1.165, 1.54) is 39.2 Å². The van der Waals surface area contributed by atoms with Crippen LogP contribution in [0.4, 0.5) is 0 Å². The molecule has 0 fully saturated rings. The van der Waals surface area contributed by atoms with E-state index in [4.69, 9.17) is 0 Å². The van der Waals surface area contributed by atoms with Gasteiger partial charge in [-0.25, -0.2) is 4.79 Å². The monoisotopic (exact) mass is 396 g/mol. The van der Waals surface area contributed by atoms with Gasteiger partial charge in [0.15, 0.2) is 0 Å². The Labute approximate surface area is 168 Å². The average Bonchev–Trinajstić information content (AvgIpc) is 3.18. The maximum atomic E-state index is 12.8. The molecule has 4 rings (SSSR count). The van der Waals surface area contributed by atoms with Gasteiger partial charge in [-0.1, -0.05) is 29.8 Å². The number of aryl methyl sites for hydroxylation is 2. The van der Waals surface area contributed by atoms with Crippen molar-refractivity contribution in [3.05, 3.63) is 79.0 Å². The summed E-state index contributed by atoms with van der Waals surface area (Å²) >= 11 is 3.42. The van der Waals surface area contributed by atoms with Gasteiger partial charge in [-0.2, -0.15) is 4.98 Å². The summed E-state index contributed by atoms with van der Waals surface area (Å²) in [5, 5.41) is 3.01. The second-order valence-corrected chi connectivity index (χ2v) is 9.21. The lowest BCUT2D eigenvalue weighted by Gasteiger charge is -2.22. The van der Waals surface area contributed by atoms with Crippen molar-refractivity contribution in [3.8, 4) is 0 Å². The van der Waals surface area contributed by atoms with Crippen LogP contribution in [0.3, 0.4) is 0 Å². The molecule has 0 bridgehead atoms. The van der Waals surface area contributed by atoms with Crippen molar-refractivity contribution in [1.82, 2.24) is 9.55 Å². The number of aromatic nitrogens is 2. The number of hydrogen-bond donors (Lipinski definition) is 0. The highest BCUT2D eigenvalue weighted by molar-refractivity contribution is 7.98. The minimum atomic E-state index is -0.104. The number of thioether (sulfide) groups is 1. The van der Waals surface area contributed by atoms with E-state index < -0.39 is 0 Å². The number of thiophene rings is 1. The largest absolute Gasteiger partial charge is 0.349 e. The van der Waals surface area contributed by atoms with Gasteiger partial charge in [0.2, 0.25) is 0 Å². The molecular formula is C22H24N2OS2. The van der Waals surface area contributed by atoms with E-state index in [1.54, 1.807) is 23.1 Å². The molecular weight excluding hydrogens is 372 g/mol. The standard InChI is InChI=1S/C22H24N2OS2/c1-15-9-10-16(2)17(12-15)14-27-21-19-7-3-4-8-20(19)24(22(25)23-21)13-18-6-5-11-26-18/h5-6,9-12H,3-4,7-8,13-14H2,1-2H3. The fraction of sp³-hybridized carbons (Fsp3) is 0.364. The third-order valence-corrected chi connectivity index (χ3v) is 7.14. The summed E-state index contributed by atoms with van der Waals surface area (Å²) < 4.78 is 1.91. The van der Waals surface area contributed by atoms with Gasteiger partial charge in [-0.15, -0.1) is 23.1 Å². The lowest BCUT2D eigenvalue weighted by Crippen LogP contribution is -2.30. The lowest BCUT2D eigenvalue weighted by molar-refractivity contribution is 0.571. The Morgan fingerprint density at radius 3 is 2.85 bits per heavy atom. The van der Waals surface area contributed by atoms with Crippen LogP contribution in [0.25, 0.3) is 0 Å². The molecule has 2 heterocycles. The lowest BCUT2D eigenvalue weighted by atomic mass is 9.97. The summed E-state index contributed by atoms with van der Waals surface area (Å²) in [6, 6.07) is 10.7. The van der Waals surface area contributed by atoms with Crippen LogP contribution in [0.5, 0.6) is 0 Å². The SMILES string of the molecule is Cc1ccc(C)c(CSc2nc(=O)n(Cc3cccs3)c3c2CCCC3)c1. The molecule has 0 saturated heterocycles. The van der Waals surface area contributed by atoms with E-state index >= 15 is 0 Å². The molecule has 27 heavy (non-hydrogen) atoms. The van der Waals surface area contributed by atoms with Crippen LogP contribution in [0, 0.1) is 13.8 Å². The highest BCUT2D eigenvalue weighted by atomic mass is 32.2. The summed E-state index contributed by atoms with van der Waals surface area (Å²) in [5.41, 5.74) is 6.30. The minimum Gasteiger partial charge on any atom is -0.291 e. The Morgan fingerprint density at radius 2 is 2.04 bits per heavy atom. The Morgan fingerprint density at radius 1 is 1.19 bits per heavy atom. The Bertz CT molecular complexity index is 1010. The number of fused-ring (bicyclic) bond motifs is 1. The summed E-state index contributed by atoms with van der Waals surface area (Å²) in [6.45, 7) is 4.92. The van der Waals surface area contributed by atoms with Gasteiger partial charge in [0.05, 0.1) is 6.54 Å². The molecule has 0 radical (unpaired) electrons. The highest BCUT2D eigenvalue weighted by Crippen LogP contribution is 2.31. The van der Waals surface area contributed by atoms with Crippen molar-refractivity contribution in [2.24, 2.45) is 0 Å². The summed E-state index contributed by atoms with van der Waals surface area (Å²) in [7, 11) is 0. The number of benzene rings is 1. The summed E-state index contributed by atoms with van der Waals surface area (Å²) in [5.74, 6) is 0.862. The average molecular weight is 397 g/mol. The van der Waals surface area contributed by atoms with Gasteiger partial charge >= 0.3 is 5.69 Å². The molecule has 5 heteroatoms. The van der Waals surface area contributed by atoms with Gasteiger partial charge in [0, 0.05) is 21.9 Å². The van der Waals surface area contributed by atoms with Crippen molar-refractivity contribution in [2.75, 3.05) is 0 Å². The number of rotatable bonds is 5. The second-order valence-electron chi connectivity index (χ2n) is 7.22. The van der Waals surface area contributed by atoms with E-state index in [1.807, 2.05) is 10.6 Å². The fourth-order valence-corrected chi connectivity index (χ4v) is 5.52. The highest BCUT2D eigenvalue weighted by Gasteiger charge is 2.21. The Hall–Kier alpha value is -1.85. The zero-order valence-corrected chi connectivity index (χ0v) is 17.5. The van der Waals surface area contributed by atoms with Crippen molar-refractivity contribution < 1.29 is 0 Å². The zero-order chi connectivity index (χ0) is 18.8. The normalized spacial score (nSPS) is 13.6. The molecule has 0 spiro atoms. The van der Waals surface area contributed by atoms with E-state index in [-0.39, 0.29) is 5.69 Å². The topological polar surface area (TPSA) is 34.9 Å². The maximum Gasteiger partial charge on any atom is 0.349 e. The number of hydrogen-bond acceptors (Lipinski definition) is 4. The zero-order valence-electron chi connectivity index (χ0n) is 15.8. The Kier molecular flexibility index (Phi) is 5.50. The molecule has 2 aromatic heterocycles. The van der Waals surface area contributed by atoms with Crippen LogP contribution in [0.15, 0.2) is 45.5 Å². The molecule has 0 amide bonds. The van der Waals surface area contributed by atoms with E-state index in [0.29, 0.717) is 6.54 Å². The van der Waals surface area contributed by atoms with Crippen LogP contribution in [0.2, 0.25) is 0 Å². The molecule has 0 unspecified atom stereocenters. The van der Waals surface area contributed by atoms with Gasteiger partial charge < -0.3 is 0 Å². The Balaban J connectivity index is 1.66. The summed E-state index contributed by atoms with van der Waals surface area (Å²) in [4.78, 5) is 18.5. The van der Waals surface area contributed by atoms with Gasteiger partial charge in [0.1, 0.15) is 5.03 Å². The van der Waals surface area contributed by atoms with Gasteiger partial charge in [0.25, 0.3) is 0 Å². The third kappa shape index (κ3) is 4.04. The first-order valence-electron chi connectivity index (χ1n) is 9.45. The van der Waals surface area contributed by atoms with Crippen molar-refractivity contribution in [3.63, 3.8) is 0 Å². The minimum absolute atomic E-state index is 0.104. The molecule has 0 aliphatic heterocycles. The second kappa shape index (κ2) is 8.03. The predicted octanol–water partition coefficient (Wildman–Crippen LogP) is 5.14. The van der Waals surface area contributed by atoms with Gasteiger partial charge in [-0.3, -0.25) is 4.57 Å². The smallest absolute Gasteiger partial charge is 0.291 e. The molecule has 140 valence electrons. The van der Waals surface area contributed by atoms with Crippen LogP contribution >= 0.6 is 23.1 Å². The molecule has 0 saturated carbocycles. The van der Waals surface area contributed by atoms with Crippen LogP contribution in [0.1, 0.15) is 45.7 Å². The van der Waals surface area contributed by atoms with Crippen molar-refractivity contribution in [2.45, 2.75) is 56.9 Å². The maximum absolute atomic E-state index is 12.8. The first-order chi connectivity index (χ1) is 13.1. The van der Waals surface area contributed by atoms with E-state index in [9.17, 15) is 4.79 Å². The van der Waals surface area contributed by atoms with Crippen molar-refractivity contribution in [1.29, 1.82) is 0 Å². The first-order valence-corrected chi connectivity index (χ1v) is 11.3. The fourth-order valence-electron chi connectivity index (χ4n) is 3.69. The van der Waals surface area contributed by atoms with Crippen LogP contribution in [-0.2, 0) is 25.1 Å². The van der Waals surface area contributed by atoms with Crippen LogP contribution in [-0.4, -0.2) is 9.55 Å². The molecule has 3 aromatic rings. The molecule has 1 aliphatic carbocycles. The predicted molar refractivity (Wildman–Crippen MR) is 114 cm³/mol. The summed E-state index contributed by atoms with van der Waals surface area (Å²) in [6.07, 6.45) is 4.35.